The van der Waals surface area contributed by atoms with Crippen LogP contribution in [0.25, 0.3) is 0 Å². The third kappa shape index (κ3) is 3.51. The van der Waals surface area contributed by atoms with Crippen molar-refractivity contribution in [2.75, 3.05) is 11.9 Å². The van der Waals surface area contributed by atoms with E-state index in [-0.39, 0.29) is 11.9 Å². The van der Waals surface area contributed by atoms with Crippen LogP contribution in [0.3, 0.4) is 0 Å². The van der Waals surface area contributed by atoms with Gasteiger partial charge in [-0.05, 0) is 25.5 Å². The molecule has 1 atom stereocenters. The molecule has 0 radical (unpaired) electrons. The van der Waals surface area contributed by atoms with Crippen molar-refractivity contribution in [3.8, 4) is 0 Å². The summed E-state index contributed by atoms with van der Waals surface area (Å²) >= 11 is 11.7. The molecule has 1 aliphatic rings. The summed E-state index contributed by atoms with van der Waals surface area (Å²) in [5.41, 5.74) is 1.93. The van der Waals surface area contributed by atoms with Crippen LogP contribution in [0.5, 0.6) is 0 Å². The van der Waals surface area contributed by atoms with Crippen molar-refractivity contribution in [2.24, 2.45) is 5.92 Å². The standard InChI is InChI=1S/C12H14Cl2N2O/c1-8-2-4-10(5-3-8)16-11(17)15-7-9-6-12(9,13)14/h2-5,9H,6-7H2,1H3,(H2,15,16,17)/t9-/m0/s1. The highest BCUT2D eigenvalue weighted by molar-refractivity contribution is 6.50. The highest BCUT2D eigenvalue weighted by atomic mass is 35.5. The Balaban J connectivity index is 1.76. The number of hydrogen-bond donors (Lipinski definition) is 2. The molecule has 1 saturated carbocycles. The van der Waals surface area contributed by atoms with E-state index < -0.39 is 4.33 Å². The topological polar surface area (TPSA) is 41.1 Å². The lowest BCUT2D eigenvalue weighted by Gasteiger charge is -2.07. The summed E-state index contributed by atoms with van der Waals surface area (Å²) in [6.45, 7) is 2.50. The predicted molar refractivity (Wildman–Crippen MR) is 70.7 cm³/mol. The smallest absolute Gasteiger partial charge is 0.319 e. The Bertz CT molecular complexity index is 417. The molecule has 1 aromatic carbocycles. The summed E-state index contributed by atoms with van der Waals surface area (Å²) in [7, 11) is 0. The monoisotopic (exact) mass is 272 g/mol. The molecule has 3 nitrogen and oxygen atoms in total. The first-order valence-corrected chi connectivity index (χ1v) is 6.22. The van der Waals surface area contributed by atoms with Crippen LogP contribution in [0, 0.1) is 12.8 Å². The van der Waals surface area contributed by atoms with E-state index >= 15 is 0 Å². The van der Waals surface area contributed by atoms with Gasteiger partial charge in [-0.1, -0.05) is 17.7 Å². The molecule has 5 heteroatoms. The molecule has 1 fully saturated rings. The van der Waals surface area contributed by atoms with Gasteiger partial charge in [-0.15, -0.1) is 23.2 Å². The minimum absolute atomic E-state index is 0.162. The van der Waals surface area contributed by atoms with Crippen molar-refractivity contribution in [2.45, 2.75) is 17.7 Å². The first-order valence-electron chi connectivity index (χ1n) is 5.47. The highest BCUT2D eigenvalue weighted by Gasteiger charge is 2.51. The van der Waals surface area contributed by atoms with Crippen molar-refractivity contribution in [1.29, 1.82) is 0 Å². The number of carbonyl (C=O) groups is 1. The molecule has 0 unspecified atom stereocenters. The average molecular weight is 273 g/mol. The summed E-state index contributed by atoms with van der Waals surface area (Å²) in [6.07, 6.45) is 0.737. The van der Waals surface area contributed by atoms with Crippen LogP contribution in [0.4, 0.5) is 10.5 Å². The van der Waals surface area contributed by atoms with E-state index in [1.165, 1.54) is 0 Å². The first-order chi connectivity index (χ1) is 7.97. The quantitative estimate of drug-likeness (QED) is 0.815. The number of alkyl halides is 2. The highest BCUT2D eigenvalue weighted by Crippen LogP contribution is 2.52. The fourth-order valence-electron chi connectivity index (χ4n) is 1.52. The minimum Gasteiger partial charge on any atom is -0.337 e. The second-order valence-corrected chi connectivity index (χ2v) is 5.91. The van der Waals surface area contributed by atoms with Crippen LogP contribution < -0.4 is 10.6 Å². The van der Waals surface area contributed by atoms with Gasteiger partial charge in [-0.3, -0.25) is 0 Å². The fraction of sp³-hybridized carbons (Fsp3) is 0.417. The summed E-state index contributed by atoms with van der Waals surface area (Å²) in [6, 6.07) is 7.38. The van der Waals surface area contributed by atoms with Crippen LogP contribution >= 0.6 is 23.2 Å². The van der Waals surface area contributed by atoms with Crippen molar-refractivity contribution in [1.82, 2.24) is 5.32 Å². The van der Waals surface area contributed by atoms with E-state index in [9.17, 15) is 4.79 Å². The zero-order valence-electron chi connectivity index (χ0n) is 9.47. The van der Waals surface area contributed by atoms with E-state index in [0.717, 1.165) is 17.7 Å². The van der Waals surface area contributed by atoms with Gasteiger partial charge in [0.25, 0.3) is 0 Å². The zero-order valence-corrected chi connectivity index (χ0v) is 11.0. The van der Waals surface area contributed by atoms with Gasteiger partial charge in [-0.2, -0.15) is 0 Å². The van der Waals surface area contributed by atoms with Crippen LogP contribution in [-0.4, -0.2) is 16.9 Å². The SMILES string of the molecule is Cc1ccc(NC(=O)NC[C@@H]2CC2(Cl)Cl)cc1. The maximum absolute atomic E-state index is 11.5. The number of halogens is 2. The number of nitrogens with one attached hydrogen (secondary N) is 2. The van der Waals surface area contributed by atoms with Gasteiger partial charge in [0.15, 0.2) is 0 Å². The third-order valence-electron chi connectivity index (χ3n) is 2.77. The first kappa shape index (κ1) is 12.5. The number of amides is 2. The van der Waals surface area contributed by atoms with Gasteiger partial charge < -0.3 is 10.6 Å². The average Bonchev–Trinajstić information content (AvgIpc) is 2.87. The number of hydrogen-bond acceptors (Lipinski definition) is 1. The Morgan fingerprint density at radius 1 is 1.41 bits per heavy atom. The Morgan fingerprint density at radius 3 is 2.53 bits per heavy atom. The molecule has 17 heavy (non-hydrogen) atoms. The van der Waals surface area contributed by atoms with E-state index in [2.05, 4.69) is 10.6 Å². The van der Waals surface area contributed by atoms with Crippen LogP contribution in [0.15, 0.2) is 24.3 Å². The van der Waals surface area contributed by atoms with E-state index in [1.807, 2.05) is 31.2 Å². The van der Waals surface area contributed by atoms with Crippen molar-refractivity contribution in [3.63, 3.8) is 0 Å². The van der Waals surface area contributed by atoms with Crippen molar-refractivity contribution >= 4 is 34.9 Å². The normalized spacial score (nSPS) is 20.8. The Labute approximate surface area is 110 Å². The summed E-state index contributed by atoms with van der Waals surface area (Å²) in [4.78, 5) is 11.5. The van der Waals surface area contributed by atoms with E-state index in [1.54, 1.807) is 0 Å². The molecular weight excluding hydrogens is 259 g/mol. The molecule has 1 aromatic rings. The molecule has 2 rings (SSSR count). The molecule has 0 spiro atoms. The van der Waals surface area contributed by atoms with Crippen LogP contribution in [0.1, 0.15) is 12.0 Å². The van der Waals surface area contributed by atoms with E-state index in [0.29, 0.717) is 6.54 Å². The molecule has 2 N–H and O–H groups in total. The molecule has 0 aliphatic heterocycles. The Kier molecular flexibility index (Phi) is 3.50. The second kappa shape index (κ2) is 4.75. The van der Waals surface area contributed by atoms with Gasteiger partial charge in [0.1, 0.15) is 4.33 Å². The Morgan fingerprint density at radius 2 is 2.00 bits per heavy atom. The second-order valence-electron chi connectivity index (χ2n) is 4.36. The number of rotatable bonds is 3. The molecule has 0 bridgehead atoms. The summed E-state index contributed by atoms with van der Waals surface area (Å²) in [5.74, 6) is 0.162. The lowest BCUT2D eigenvalue weighted by molar-refractivity contribution is 0.251. The number of urea groups is 1. The Hall–Kier alpha value is -0.930. The maximum Gasteiger partial charge on any atom is 0.319 e. The summed E-state index contributed by atoms with van der Waals surface area (Å²) < 4.78 is -0.642. The number of anilines is 1. The lowest BCUT2D eigenvalue weighted by Crippen LogP contribution is -2.31. The molecule has 0 saturated heterocycles. The van der Waals surface area contributed by atoms with Gasteiger partial charge >= 0.3 is 6.03 Å². The lowest BCUT2D eigenvalue weighted by atomic mass is 10.2. The molecule has 0 heterocycles. The number of benzene rings is 1. The van der Waals surface area contributed by atoms with Crippen molar-refractivity contribution < 1.29 is 4.79 Å². The number of aryl methyl sites for hydroxylation is 1. The molecule has 0 aromatic heterocycles. The number of carbonyl (C=O) groups excluding carboxylic acids is 1. The van der Waals surface area contributed by atoms with E-state index in [4.69, 9.17) is 23.2 Å². The third-order valence-corrected chi connectivity index (χ3v) is 3.70. The molecule has 1 aliphatic carbocycles. The molecular formula is C12H14Cl2N2O. The minimum atomic E-state index is -0.642. The molecule has 92 valence electrons. The van der Waals surface area contributed by atoms with Crippen LogP contribution in [-0.2, 0) is 0 Å². The van der Waals surface area contributed by atoms with Gasteiger partial charge in [0.2, 0.25) is 0 Å². The van der Waals surface area contributed by atoms with Crippen molar-refractivity contribution in [3.05, 3.63) is 29.8 Å². The fourth-order valence-corrected chi connectivity index (χ4v) is 2.05. The zero-order chi connectivity index (χ0) is 12.5. The van der Waals surface area contributed by atoms with Gasteiger partial charge in [-0.25, -0.2) is 4.79 Å². The van der Waals surface area contributed by atoms with Gasteiger partial charge in [0.05, 0.1) is 0 Å². The molecule has 2 amide bonds. The van der Waals surface area contributed by atoms with Crippen LogP contribution in [0.2, 0.25) is 0 Å². The maximum atomic E-state index is 11.5. The predicted octanol–water partition coefficient (Wildman–Crippen LogP) is 3.31. The van der Waals surface area contributed by atoms with Gasteiger partial charge in [0, 0.05) is 18.2 Å². The summed E-state index contributed by atoms with van der Waals surface area (Å²) in [5, 5.41) is 5.49. The largest absolute Gasteiger partial charge is 0.337 e.